The topological polar surface area (TPSA) is 66.4 Å². The van der Waals surface area contributed by atoms with Crippen LogP contribution in [0.15, 0.2) is 48.5 Å². The fraction of sp³-hybridized carbons (Fsp3) is 0.176. The Balaban J connectivity index is 2.23. The van der Waals surface area contributed by atoms with E-state index < -0.39 is 41.0 Å². The zero-order chi connectivity index (χ0) is 18.6. The SMILES string of the molecule is O=C(N[C@@H](Cc1cccc(F)c1)C(=O)O)c1ccccc1C(F)(F)F. The summed E-state index contributed by atoms with van der Waals surface area (Å²) in [5.41, 5.74) is -1.56. The van der Waals surface area contributed by atoms with Gasteiger partial charge in [0.2, 0.25) is 0 Å². The lowest BCUT2D eigenvalue weighted by atomic mass is 10.0. The molecule has 132 valence electrons. The molecule has 2 N–H and O–H groups in total. The van der Waals surface area contributed by atoms with Crippen molar-refractivity contribution in [2.75, 3.05) is 0 Å². The smallest absolute Gasteiger partial charge is 0.417 e. The number of nitrogens with one attached hydrogen (secondary N) is 1. The van der Waals surface area contributed by atoms with Crippen molar-refractivity contribution in [3.05, 3.63) is 71.0 Å². The van der Waals surface area contributed by atoms with Crippen LogP contribution < -0.4 is 5.32 Å². The summed E-state index contributed by atoms with van der Waals surface area (Å²) < 4.78 is 52.0. The van der Waals surface area contributed by atoms with Crippen molar-refractivity contribution in [2.45, 2.75) is 18.6 Å². The molecule has 25 heavy (non-hydrogen) atoms. The predicted molar refractivity (Wildman–Crippen MR) is 80.4 cm³/mol. The molecule has 4 nitrogen and oxygen atoms in total. The van der Waals surface area contributed by atoms with Gasteiger partial charge in [-0.05, 0) is 29.8 Å². The first-order valence-electron chi connectivity index (χ1n) is 7.13. The average molecular weight is 355 g/mol. The second kappa shape index (κ2) is 7.33. The van der Waals surface area contributed by atoms with Crippen molar-refractivity contribution >= 4 is 11.9 Å². The van der Waals surface area contributed by atoms with E-state index >= 15 is 0 Å². The molecule has 8 heteroatoms. The Bertz CT molecular complexity index is 789. The minimum Gasteiger partial charge on any atom is -0.480 e. The summed E-state index contributed by atoms with van der Waals surface area (Å²) in [6, 6.07) is 7.63. The third kappa shape index (κ3) is 4.79. The van der Waals surface area contributed by atoms with Crippen LogP contribution in [0.3, 0.4) is 0 Å². The molecule has 0 unspecified atom stereocenters. The van der Waals surface area contributed by atoms with Gasteiger partial charge in [0.15, 0.2) is 0 Å². The van der Waals surface area contributed by atoms with E-state index in [0.717, 1.165) is 30.3 Å². The summed E-state index contributed by atoms with van der Waals surface area (Å²) in [6.45, 7) is 0. The molecule has 0 aliphatic rings. The van der Waals surface area contributed by atoms with Crippen LogP contribution in [0.4, 0.5) is 17.6 Å². The molecule has 0 fully saturated rings. The highest BCUT2D eigenvalue weighted by Crippen LogP contribution is 2.31. The maximum atomic E-state index is 13.2. The Morgan fingerprint density at radius 3 is 2.36 bits per heavy atom. The van der Waals surface area contributed by atoms with Gasteiger partial charge >= 0.3 is 12.1 Å². The van der Waals surface area contributed by atoms with E-state index in [9.17, 15) is 32.3 Å². The Morgan fingerprint density at radius 2 is 1.76 bits per heavy atom. The number of carbonyl (C=O) groups excluding carboxylic acids is 1. The van der Waals surface area contributed by atoms with Crippen LogP contribution in [0.5, 0.6) is 0 Å². The molecule has 0 heterocycles. The lowest BCUT2D eigenvalue weighted by molar-refractivity contribution is -0.139. The summed E-state index contributed by atoms with van der Waals surface area (Å²) in [5, 5.41) is 11.3. The Labute approximate surface area is 140 Å². The van der Waals surface area contributed by atoms with E-state index in [0.29, 0.717) is 0 Å². The van der Waals surface area contributed by atoms with Crippen molar-refractivity contribution < 1.29 is 32.3 Å². The highest BCUT2D eigenvalue weighted by molar-refractivity contribution is 5.98. The first kappa shape index (κ1) is 18.4. The van der Waals surface area contributed by atoms with E-state index in [-0.39, 0.29) is 12.0 Å². The first-order valence-corrected chi connectivity index (χ1v) is 7.13. The molecular formula is C17H13F4NO3. The third-order valence-corrected chi connectivity index (χ3v) is 3.41. The molecule has 2 rings (SSSR count). The van der Waals surface area contributed by atoms with Crippen LogP contribution >= 0.6 is 0 Å². The molecule has 0 saturated carbocycles. The molecule has 1 atom stereocenters. The summed E-state index contributed by atoms with van der Waals surface area (Å²) in [5.74, 6) is -3.20. The van der Waals surface area contributed by atoms with E-state index in [1.165, 1.54) is 18.2 Å². The number of carboxylic acid groups (broad SMARTS) is 1. The van der Waals surface area contributed by atoms with Gasteiger partial charge in [0, 0.05) is 6.42 Å². The number of amides is 1. The number of carbonyl (C=O) groups is 2. The molecule has 0 aliphatic carbocycles. The van der Waals surface area contributed by atoms with Crippen molar-refractivity contribution in [1.82, 2.24) is 5.32 Å². The molecule has 2 aromatic rings. The fourth-order valence-electron chi connectivity index (χ4n) is 2.26. The molecule has 0 radical (unpaired) electrons. The van der Waals surface area contributed by atoms with E-state index in [4.69, 9.17) is 0 Å². The summed E-state index contributed by atoms with van der Waals surface area (Å²) in [4.78, 5) is 23.4. The van der Waals surface area contributed by atoms with Gasteiger partial charge in [0.1, 0.15) is 11.9 Å². The second-order valence-electron chi connectivity index (χ2n) is 5.24. The van der Waals surface area contributed by atoms with Gasteiger partial charge < -0.3 is 10.4 Å². The third-order valence-electron chi connectivity index (χ3n) is 3.41. The number of alkyl halides is 3. The second-order valence-corrected chi connectivity index (χ2v) is 5.24. The quantitative estimate of drug-likeness (QED) is 0.809. The van der Waals surface area contributed by atoms with Crippen LogP contribution in [0.1, 0.15) is 21.5 Å². The Morgan fingerprint density at radius 1 is 1.08 bits per heavy atom. The zero-order valence-electron chi connectivity index (χ0n) is 12.7. The van der Waals surface area contributed by atoms with Crippen molar-refractivity contribution in [2.24, 2.45) is 0 Å². The zero-order valence-corrected chi connectivity index (χ0v) is 12.7. The maximum absolute atomic E-state index is 13.2. The number of halogens is 4. The monoisotopic (exact) mass is 355 g/mol. The van der Waals surface area contributed by atoms with Gasteiger partial charge in [-0.15, -0.1) is 0 Å². The maximum Gasteiger partial charge on any atom is 0.417 e. The van der Waals surface area contributed by atoms with Crippen molar-refractivity contribution in [3.8, 4) is 0 Å². The minimum absolute atomic E-state index is 0.271. The summed E-state index contributed by atoms with van der Waals surface area (Å²) in [7, 11) is 0. The normalized spacial score (nSPS) is 12.5. The number of hydrogen-bond acceptors (Lipinski definition) is 2. The van der Waals surface area contributed by atoms with Crippen molar-refractivity contribution in [3.63, 3.8) is 0 Å². The van der Waals surface area contributed by atoms with Crippen LogP contribution in [-0.4, -0.2) is 23.0 Å². The number of benzene rings is 2. The number of aliphatic carboxylic acids is 1. The molecular weight excluding hydrogens is 342 g/mol. The van der Waals surface area contributed by atoms with Gasteiger partial charge in [-0.2, -0.15) is 13.2 Å². The van der Waals surface area contributed by atoms with Gasteiger partial charge in [-0.1, -0.05) is 24.3 Å². The molecule has 0 bridgehead atoms. The standard InChI is InChI=1S/C17H13F4NO3/c18-11-5-3-4-10(8-11)9-14(16(24)25)22-15(23)12-6-1-2-7-13(12)17(19,20)21/h1-8,14H,9H2,(H,22,23)(H,24,25)/t14-/m0/s1. The van der Waals surface area contributed by atoms with Crippen LogP contribution in [0, 0.1) is 5.82 Å². The largest absolute Gasteiger partial charge is 0.480 e. The average Bonchev–Trinajstić information content (AvgIpc) is 2.53. The summed E-state index contributed by atoms with van der Waals surface area (Å²) >= 11 is 0. The van der Waals surface area contributed by atoms with Gasteiger partial charge in [-0.3, -0.25) is 4.79 Å². The van der Waals surface area contributed by atoms with E-state index in [2.05, 4.69) is 5.32 Å². The molecule has 0 spiro atoms. The molecule has 2 aromatic carbocycles. The minimum atomic E-state index is -4.75. The summed E-state index contributed by atoms with van der Waals surface area (Å²) in [6.07, 6.45) is -5.03. The van der Waals surface area contributed by atoms with E-state index in [1.54, 1.807) is 0 Å². The number of carboxylic acids is 1. The Kier molecular flexibility index (Phi) is 5.41. The van der Waals surface area contributed by atoms with Crippen molar-refractivity contribution in [1.29, 1.82) is 0 Å². The molecule has 0 saturated heterocycles. The fourth-order valence-corrected chi connectivity index (χ4v) is 2.26. The molecule has 1 amide bonds. The van der Waals surface area contributed by atoms with Gasteiger partial charge in [0.25, 0.3) is 5.91 Å². The highest BCUT2D eigenvalue weighted by Gasteiger charge is 2.35. The van der Waals surface area contributed by atoms with Crippen LogP contribution in [-0.2, 0) is 17.4 Å². The van der Waals surface area contributed by atoms with Gasteiger partial charge in [-0.25, -0.2) is 9.18 Å². The number of rotatable bonds is 5. The number of hydrogen-bond donors (Lipinski definition) is 2. The molecule has 0 aliphatic heterocycles. The lowest BCUT2D eigenvalue weighted by Gasteiger charge is -2.17. The molecule has 0 aromatic heterocycles. The predicted octanol–water partition coefficient (Wildman–Crippen LogP) is 3.27. The highest BCUT2D eigenvalue weighted by atomic mass is 19.4. The van der Waals surface area contributed by atoms with Crippen LogP contribution in [0.25, 0.3) is 0 Å². The lowest BCUT2D eigenvalue weighted by Crippen LogP contribution is -2.42. The first-order chi connectivity index (χ1) is 11.7. The Hall–Kier alpha value is -2.90. The van der Waals surface area contributed by atoms with Crippen LogP contribution in [0.2, 0.25) is 0 Å². The van der Waals surface area contributed by atoms with E-state index in [1.807, 2.05) is 0 Å². The van der Waals surface area contributed by atoms with Gasteiger partial charge in [0.05, 0.1) is 11.1 Å².